The lowest BCUT2D eigenvalue weighted by molar-refractivity contribution is -0.106. The number of hydrogen-bond donors (Lipinski definition) is 1. The summed E-state index contributed by atoms with van der Waals surface area (Å²) >= 11 is 0. The highest BCUT2D eigenvalue weighted by Crippen LogP contribution is 2.31. The Balaban J connectivity index is 1.99. The van der Waals surface area contributed by atoms with Crippen molar-refractivity contribution in [2.24, 2.45) is 0 Å². The highest BCUT2D eigenvalue weighted by Gasteiger charge is 2.43. The van der Waals surface area contributed by atoms with E-state index in [1.165, 1.54) is 18.2 Å². The van der Waals surface area contributed by atoms with E-state index in [1.54, 1.807) is 0 Å². The molecule has 20 heavy (non-hydrogen) atoms. The van der Waals surface area contributed by atoms with Gasteiger partial charge in [-0.05, 0) is 32.0 Å². The Morgan fingerprint density at radius 3 is 2.55 bits per heavy atom. The molecule has 2 rings (SSSR count). The minimum atomic E-state index is -0.676. The van der Waals surface area contributed by atoms with Crippen molar-refractivity contribution in [2.45, 2.75) is 44.9 Å². The number of nitrogens with one attached hydrogen (secondary N) is 1. The van der Waals surface area contributed by atoms with Gasteiger partial charge in [0.1, 0.15) is 12.2 Å². The van der Waals surface area contributed by atoms with Crippen LogP contribution in [0.3, 0.4) is 0 Å². The largest absolute Gasteiger partial charge is 0.481 e. The highest BCUT2D eigenvalue weighted by molar-refractivity contribution is 5.27. The molecule has 1 aromatic carbocycles. The van der Waals surface area contributed by atoms with Crippen LogP contribution in [0.1, 0.15) is 26.7 Å². The van der Waals surface area contributed by atoms with Crippen molar-refractivity contribution in [3.8, 4) is 5.75 Å². The Morgan fingerprint density at radius 1 is 1.25 bits per heavy atom. The Morgan fingerprint density at radius 2 is 1.95 bits per heavy atom. The first-order valence-corrected chi connectivity index (χ1v) is 7.13. The normalized spacial score (nSPS) is 25.3. The molecule has 0 spiro atoms. The minimum absolute atomic E-state index is 0.162. The smallest absolute Gasteiger partial charge is 0.191 e. The molecule has 0 amide bonds. The van der Waals surface area contributed by atoms with Gasteiger partial charge in [-0.1, -0.05) is 13.0 Å². The number of benzene rings is 1. The minimum Gasteiger partial charge on any atom is -0.481 e. The van der Waals surface area contributed by atoms with Crippen LogP contribution < -0.4 is 10.1 Å². The predicted octanol–water partition coefficient (Wildman–Crippen LogP) is 2.89. The van der Waals surface area contributed by atoms with E-state index in [1.807, 2.05) is 6.92 Å². The molecule has 112 valence electrons. The molecule has 1 aliphatic carbocycles. The maximum Gasteiger partial charge on any atom is 0.191 e. The Labute approximate surface area is 118 Å². The van der Waals surface area contributed by atoms with Gasteiger partial charge in [0.15, 0.2) is 17.4 Å². The molecule has 1 aromatic rings. The Kier molecular flexibility index (Phi) is 5.31. The predicted molar refractivity (Wildman–Crippen MR) is 72.9 cm³/mol. The Hall–Kier alpha value is -1.20. The van der Waals surface area contributed by atoms with Crippen molar-refractivity contribution in [3.63, 3.8) is 0 Å². The van der Waals surface area contributed by atoms with Crippen LogP contribution in [0.15, 0.2) is 18.2 Å². The average molecular weight is 285 g/mol. The number of ether oxygens (including phenoxy) is 2. The van der Waals surface area contributed by atoms with Gasteiger partial charge in [-0.2, -0.15) is 0 Å². The zero-order chi connectivity index (χ0) is 14.5. The fourth-order valence-corrected chi connectivity index (χ4v) is 2.39. The van der Waals surface area contributed by atoms with Crippen molar-refractivity contribution in [1.29, 1.82) is 0 Å². The lowest BCUT2D eigenvalue weighted by atomic mass is 9.85. The van der Waals surface area contributed by atoms with Gasteiger partial charge in [0.25, 0.3) is 0 Å². The summed E-state index contributed by atoms with van der Waals surface area (Å²) in [5, 5.41) is 3.36. The van der Waals surface area contributed by atoms with Crippen molar-refractivity contribution >= 4 is 0 Å². The van der Waals surface area contributed by atoms with Crippen LogP contribution in [0.25, 0.3) is 0 Å². The number of rotatable bonds is 7. The van der Waals surface area contributed by atoms with Gasteiger partial charge < -0.3 is 14.8 Å². The zero-order valence-corrected chi connectivity index (χ0v) is 11.9. The highest BCUT2D eigenvalue weighted by atomic mass is 19.1. The van der Waals surface area contributed by atoms with Crippen LogP contribution in [-0.2, 0) is 4.74 Å². The monoisotopic (exact) mass is 285 g/mol. The van der Waals surface area contributed by atoms with Gasteiger partial charge in [0.05, 0.1) is 0 Å². The van der Waals surface area contributed by atoms with Crippen molar-refractivity contribution in [1.82, 2.24) is 5.32 Å². The van der Waals surface area contributed by atoms with Gasteiger partial charge in [-0.3, -0.25) is 0 Å². The maximum atomic E-state index is 13.6. The molecule has 1 fully saturated rings. The van der Waals surface area contributed by atoms with Gasteiger partial charge in [-0.15, -0.1) is 0 Å². The van der Waals surface area contributed by atoms with Crippen molar-refractivity contribution in [2.75, 3.05) is 13.2 Å². The van der Waals surface area contributed by atoms with Crippen LogP contribution in [0.4, 0.5) is 8.78 Å². The van der Waals surface area contributed by atoms with Crippen LogP contribution >= 0.6 is 0 Å². The molecule has 3 unspecified atom stereocenters. The molecule has 5 heteroatoms. The van der Waals surface area contributed by atoms with Crippen LogP contribution in [0.5, 0.6) is 5.75 Å². The third-order valence-corrected chi connectivity index (χ3v) is 3.45. The fraction of sp³-hybridized carbons (Fsp3) is 0.600. The summed E-state index contributed by atoms with van der Waals surface area (Å²) in [6.07, 6.45) is 1.25. The first kappa shape index (κ1) is 15.2. The molecule has 3 nitrogen and oxygen atoms in total. The fourth-order valence-electron chi connectivity index (χ4n) is 2.39. The van der Waals surface area contributed by atoms with Crippen molar-refractivity contribution in [3.05, 3.63) is 29.8 Å². The molecular formula is C15H21F2NO2. The molecule has 0 aliphatic heterocycles. The van der Waals surface area contributed by atoms with E-state index in [9.17, 15) is 8.78 Å². The van der Waals surface area contributed by atoms with Gasteiger partial charge in [0.2, 0.25) is 0 Å². The van der Waals surface area contributed by atoms with Crippen LogP contribution in [-0.4, -0.2) is 31.4 Å². The second-order valence-electron chi connectivity index (χ2n) is 4.92. The molecule has 0 bridgehead atoms. The van der Waals surface area contributed by atoms with Gasteiger partial charge in [-0.25, -0.2) is 8.78 Å². The quantitative estimate of drug-likeness (QED) is 0.835. The summed E-state index contributed by atoms with van der Waals surface area (Å²) in [4.78, 5) is 0. The third-order valence-electron chi connectivity index (χ3n) is 3.45. The first-order chi connectivity index (χ1) is 9.67. The second kappa shape index (κ2) is 6.99. The molecule has 0 aromatic heterocycles. The Bertz CT molecular complexity index is 422. The van der Waals surface area contributed by atoms with Crippen LogP contribution in [0.2, 0.25) is 0 Å². The lowest BCUT2D eigenvalue weighted by Gasteiger charge is -2.44. The second-order valence-corrected chi connectivity index (χ2v) is 4.92. The topological polar surface area (TPSA) is 30.5 Å². The molecule has 1 N–H and O–H groups in total. The SMILES string of the molecule is CCCNC1CC(Oc2c(F)cccc2F)C1OCC. The summed E-state index contributed by atoms with van der Waals surface area (Å²) in [6.45, 7) is 5.43. The lowest BCUT2D eigenvalue weighted by Crippen LogP contribution is -2.61. The average Bonchev–Trinajstić information content (AvgIpc) is 2.42. The number of para-hydroxylation sites is 1. The van der Waals surface area contributed by atoms with E-state index in [0.29, 0.717) is 13.0 Å². The molecular weight excluding hydrogens is 264 g/mol. The summed E-state index contributed by atoms with van der Waals surface area (Å²) in [7, 11) is 0. The first-order valence-electron chi connectivity index (χ1n) is 7.13. The maximum absolute atomic E-state index is 13.6. The van der Waals surface area contributed by atoms with E-state index in [0.717, 1.165) is 13.0 Å². The molecule has 3 atom stereocenters. The molecule has 0 saturated heterocycles. The summed E-state index contributed by atoms with van der Waals surface area (Å²) in [5.41, 5.74) is 0. The third kappa shape index (κ3) is 3.27. The summed E-state index contributed by atoms with van der Waals surface area (Å²) < 4.78 is 38.2. The van der Waals surface area contributed by atoms with Crippen molar-refractivity contribution < 1.29 is 18.3 Å². The zero-order valence-electron chi connectivity index (χ0n) is 11.9. The molecule has 0 heterocycles. The molecule has 1 saturated carbocycles. The summed E-state index contributed by atoms with van der Waals surface area (Å²) in [6, 6.07) is 3.90. The van der Waals surface area contributed by atoms with E-state index >= 15 is 0 Å². The molecule has 0 radical (unpaired) electrons. The molecule has 1 aliphatic rings. The van der Waals surface area contributed by atoms with E-state index in [4.69, 9.17) is 9.47 Å². The van der Waals surface area contributed by atoms with Gasteiger partial charge in [0, 0.05) is 19.1 Å². The number of hydrogen-bond acceptors (Lipinski definition) is 3. The van der Waals surface area contributed by atoms with Crippen LogP contribution in [0, 0.1) is 11.6 Å². The number of halogens is 2. The van der Waals surface area contributed by atoms with E-state index in [2.05, 4.69) is 12.2 Å². The summed E-state index contributed by atoms with van der Waals surface area (Å²) in [5.74, 6) is -1.66. The van der Waals surface area contributed by atoms with E-state index < -0.39 is 11.6 Å². The van der Waals surface area contributed by atoms with Gasteiger partial charge >= 0.3 is 0 Å². The van der Waals surface area contributed by atoms with E-state index in [-0.39, 0.29) is 24.0 Å². The standard InChI is InChI=1S/C15H21F2NO2/c1-3-8-18-12-9-13(15(12)19-4-2)20-14-10(16)6-5-7-11(14)17/h5-7,12-13,15,18H,3-4,8-9H2,1-2H3.